The van der Waals surface area contributed by atoms with E-state index in [1.165, 1.54) is 11.2 Å². The van der Waals surface area contributed by atoms with Gasteiger partial charge in [0.2, 0.25) is 17.6 Å². The fourth-order valence-electron chi connectivity index (χ4n) is 5.22. The highest BCUT2D eigenvalue weighted by molar-refractivity contribution is 6.31. The third kappa shape index (κ3) is 2.56. The number of carbonyl (C=O) groups excluding carboxylic acids is 3. The zero-order chi connectivity index (χ0) is 22.0. The molecule has 3 aromatic rings. The van der Waals surface area contributed by atoms with Crippen molar-refractivity contribution in [2.24, 2.45) is 11.8 Å². The van der Waals surface area contributed by atoms with Gasteiger partial charge in [0.05, 0.1) is 29.8 Å². The Morgan fingerprint density at radius 1 is 0.906 bits per heavy atom. The van der Waals surface area contributed by atoms with E-state index in [1.807, 2.05) is 41.3 Å². The predicted octanol–water partition coefficient (Wildman–Crippen LogP) is 4.21. The van der Waals surface area contributed by atoms with Crippen LogP contribution in [0.5, 0.6) is 0 Å². The smallest absolute Gasteiger partial charge is 0.240 e. The molecule has 2 saturated heterocycles. The van der Waals surface area contributed by atoms with E-state index in [-0.39, 0.29) is 23.4 Å². The highest BCUT2D eigenvalue weighted by atomic mass is 35.5. The van der Waals surface area contributed by atoms with Gasteiger partial charge in [0.15, 0.2) is 5.76 Å². The summed E-state index contributed by atoms with van der Waals surface area (Å²) in [5.41, 5.74) is 2.23. The van der Waals surface area contributed by atoms with Crippen LogP contribution in [0.1, 0.15) is 16.1 Å². The van der Waals surface area contributed by atoms with Crippen LogP contribution in [0.3, 0.4) is 0 Å². The topological polar surface area (TPSA) is 70.8 Å². The summed E-state index contributed by atoms with van der Waals surface area (Å²) in [6, 6.07) is 16.2. The van der Waals surface area contributed by atoms with Crippen molar-refractivity contribution in [3.05, 3.63) is 89.3 Å². The Hall–Kier alpha value is -3.64. The average molecular weight is 445 g/mol. The summed E-state index contributed by atoms with van der Waals surface area (Å²) in [5, 5.41) is 0.511. The van der Waals surface area contributed by atoms with Crippen molar-refractivity contribution in [1.82, 2.24) is 0 Å². The van der Waals surface area contributed by atoms with Crippen LogP contribution in [0.15, 0.2) is 77.4 Å². The summed E-state index contributed by atoms with van der Waals surface area (Å²) in [6.45, 7) is 0. The summed E-state index contributed by atoms with van der Waals surface area (Å²) >= 11 is 5.99. The Bertz CT molecular complexity index is 1280. The molecule has 2 amide bonds. The fraction of sp³-hybridized carbons (Fsp3) is 0.160. The van der Waals surface area contributed by atoms with Crippen molar-refractivity contribution in [2.45, 2.75) is 12.1 Å². The van der Waals surface area contributed by atoms with E-state index >= 15 is 0 Å². The lowest BCUT2D eigenvalue weighted by Gasteiger charge is -2.36. The molecule has 0 N–H and O–H groups in total. The number of Topliss-reactive ketones (excluding diaryl/α,β-unsaturated/α-hetero) is 1. The molecular weight excluding hydrogens is 428 g/mol. The van der Waals surface area contributed by atoms with E-state index < -0.39 is 23.9 Å². The number of hydrogen-bond donors (Lipinski definition) is 0. The van der Waals surface area contributed by atoms with Crippen LogP contribution >= 0.6 is 11.6 Å². The first-order valence-corrected chi connectivity index (χ1v) is 10.7. The molecule has 6 rings (SSSR count). The lowest BCUT2D eigenvalue weighted by atomic mass is 9.87. The zero-order valence-corrected chi connectivity index (χ0v) is 17.5. The molecule has 7 heteroatoms. The molecule has 0 saturated carbocycles. The van der Waals surface area contributed by atoms with Crippen LogP contribution < -0.4 is 9.80 Å². The number of hydrogen-bond acceptors (Lipinski definition) is 5. The van der Waals surface area contributed by atoms with Gasteiger partial charge in [-0.1, -0.05) is 42.0 Å². The molecule has 0 aliphatic carbocycles. The number of nitrogens with zero attached hydrogens (tertiary/aromatic N) is 2. The minimum Gasteiger partial charge on any atom is -0.461 e. The average Bonchev–Trinajstić information content (AvgIpc) is 3.51. The van der Waals surface area contributed by atoms with Gasteiger partial charge in [-0.3, -0.25) is 14.4 Å². The van der Waals surface area contributed by atoms with Crippen LogP contribution in [0, 0.1) is 11.8 Å². The number of para-hydroxylation sites is 1. The first-order valence-electron chi connectivity index (χ1n) is 10.3. The molecular formula is C25H17ClN2O4. The van der Waals surface area contributed by atoms with Gasteiger partial charge in [-0.15, -0.1) is 0 Å². The summed E-state index contributed by atoms with van der Waals surface area (Å²) < 4.78 is 5.39. The van der Waals surface area contributed by atoms with Gasteiger partial charge in [0.1, 0.15) is 6.04 Å². The zero-order valence-electron chi connectivity index (χ0n) is 16.7. The van der Waals surface area contributed by atoms with E-state index in [1.54, 1.807) is 36.4 Å². The van der Waals surface area contributed by atoms with Crippen molar-refractivity contribution in [3.8, 4) is 0 Å². The van der Waals surface area contributed by atoms with Crippen molar-refractivity contribution in [1.29, 1.82) is 0 Å². The number of imide groups is 1. The Kier molecular flexibility index (Phi) is 4.13. The minimum absolute atomic E-state index is 0.173. The number of anilines is 2. The van der Waals surface area contributed by atoms with Gasteiger partial charge in [0.25, 0.3) is 0 Å². The van der Waals surface area contributed by atoms with Crippen LogP contribution in [-0.2, 0) is 9.59 Å². The fourth-order valence-corrected chi connectivity index (χ4v) is 5.35. The summed E-state index contributed by atoms with van der Waals surface area (Å²) in [7, 11) is 0. The monoisotopic (exact) mass is 444 g/mol. The maximum Gasteiger partial charge on any atom is 0.240 e. The van der Waals surface area contributed by atoms with Crippen molar-refractivity contribution >= 4 is 46.6 Å². The first-order chi connectivity index (χ1) is 15.6. The Morgan fingerprint density at radius 2 is 1.66 bits per heavy atom. The molecule has 4 heterocycles. The number of halogens is 1. The maximum atomic E-state index is 13.7. The molecule has 1 aromatic heterocycles. The normalized spacial score (nSPS) is 25.7. The molecule has 0 radical (unpaired) electrons. The van der Waals surface area contributed by atoms with Crippen LogP contribution in [0.4, 0.5) is 11.4 Å². The summed E-state index contributed by atoms with van der Waals surface area (Å²) in [5.74, 6) is -2.32. The molecule has 0 spiro atoms. The largest absolute Gasteiger partial charge is 0.461 e. The first kappa shape index (κ1) is 19.1. The maximum absolute atomic E-state index is 13.7. The van der Waals surface area contributed by atoms with E-state index in [4.69, 9.17) is 16.0 Å². The van der Waals surface area contributed by atoms with E-state index in [0.717, 1.165) is 11.3 Å². The van der Waals surface area contributed by atoms with E-state index in [2.05, 4.69) is 0 Å². The summed E-state index contributed by atoms with van der Waals surface area (Å²) in [6.07, 6.45) is 5.31. The van der Waals surface area contributed by atoms with Crippen LogP contribution in [-0.4, -0.2) is 29.7 Å². The molecule has 3 aliphatic heterocycles. The number of ketones is 1. The standard InChI is InChI=1S/C25H17ClN2O4/c26-15-8-10-16(11-9-15)27-24(30)20-18-12-7-14-4-1-2-5-17(14)28(18)22(21(20)25(27)31)23(29)19-6-3-13-32-19/h1-13,18,20-22H/t18-,20-,21+,22+/m1/s1. The molecule has 3 aliphatic rings. The van der Waals surface area contributed by atoms with Crippen molar-refractivity contribution in [2.75, 3.05) is 9.80 Å². The molecule has 6 nitrogen and oxygen atoms in total. The van der Waals surface area contributed by atoms with Gasteiger partial charge in [-0.05, 0) is 48.0 Å². The molecule has 4 atom stereocenters. The van der Waals surface area contributed by atoms with Crippen LogP contribution in [0.25, 0.3) is 6.08 Å². The quantitative estimate of drug-likeness (QED) is 0.447. The van der Waals surface area contributed by atoms with E-state index in [0.29, 0.717) is 10.7 Å². The van der Waals surface area contributed by atoms with Gasteiger partial charge < -0.3 is 9.32 Å². The second kappa shape index (κ2) is 6.93. The molecule has 2 fully saturated rings. The highest BCUT2D eigenvalue weighted by Crippen LogP contribution is 2.49. The Balaban J connectivity index is 1.50. The number of carbonyl (C=O) groups is 3. The van der Waals surface area contributed by atoms with E-state index in [9.17, 15) is 14.4 Å². The van der Waals surface area contributed by atoms with Crippen LogP contribution in [0.2, 0.25) is 5.02 Å². The molecule has 0 unspecified atom stereocenters. The number of benzene rings is 2. The van der Waals surface area contributed by atoms with Crippen molar-refractivity contribution < 1.29 is 18.8 Å². The van der Waals surface area contributed by atoms with Gasteiger partial charge in [-0.2, -0.15) is 0 Å². The lowest BCUT2D eigenvalue weighted by molar-refractivity contribution is -0.122. The third-order valence-corrected chi connectivity index (χ3v) is 6.78. The molecule has 0 bridgehead atoms. The third-order valence-electron chi connectivity index (χ3n) is 6.53. The lowest BCUT2D eigenvalue weighted by Crippen LogP contribution is -2.48. The predicted molar refractivity (Wildman–Crippen MR) is 119 cm³/mol. The minimum atomic E-state index is -0.851. The number of rotatable bonds is 3. The highest BCUT2D eigenvalue weighted by Gasteiger charge is 2.64. The van der Waals surface area contributed by atoms with Gasteiger partial charge in [0, 0.05) is 10.7 Å². The number of amides is 2. The Morgan fingerprint density at radius 3 is 2.41 bits per heavy atom. The summed E-state index contributed by atoms with van der Waals surface area (Å²) in [4.78, 5) is 44.0. The second-order valence-corrected chi connectivity index (χ2v) is 8.58. The number of furan rings is 1. The SMILES string of the molecule is O=C(c1ccco1)[C@@H]1[C@H]2C(=O)N(c3ccc(Cl)cc3)C(=O)[C@@H]2[C@H]2C=Cc3ccccc3N21. The second-order valence-electron chi connectivity index (χ2n) is 8.14. The van der Waals surface area contributed by atoms with Gasteiger partial charge >= 0.3 is 0 Å². The molecule has 158 valence electrons. The number of fused-ring (bicyclic) bond motifs is 5. The Labute approximate surface area is 188 Å². The van der Waals surface area contributed by atoms with Crippen molar-refractivity contribution in [3.63, 3.8) is 0 Å². The molecule has 32 heavy (non-hydrogen) atoms. The van der Waals surface area contributed by atoms with Gasteiger partial charge in [-0.25, -0.2) is 4.90 Å². The molecule has 2 aromatic carbocycles.